The lowest BCUT2D eigenvalue weighted by Gasteiger charge is -2.32. The number of nitrogens with one attached hydrogen (secondary N) is 1. The van der Waals surface area contributed by atoms with Crippen LogP contribution in [-0.2, 0) is 0 Å². The van der Waals surface area contributed by atoms with Gasteiger partial charge in [0, 0.05) is 23.0 Å². The zero-order chi connectivity index (χ0) is 94.3. The third kappa shape index (κ3) is 25.2. The van der Waals surface area contributed by atoms with Crippen LogP contribution in [0, 0.1) is 47.3 Å². The first kappa shape index (κ1) is 106. The van der Waals surface area contributed by atoms with E-state index in [2.05, 4.69) is 199 Å². The SMILES string of the molecule is CC[N+](C)(CC)CCSc1c(Cl)c(OCCC(C)C)c2c(c1OCCC(C)C)C1=Nc3c4c(OCCC(C)C)c(Cl)c(SCC[N+](C)(CC)CC)c(OCCC(C)C)c4c4nc5c6c(OCCC(C)C)c(Cl)c(SCC[N+](C)(CC)CC)c(OCCC(C)C)c6c([n+]-5on34)N=c3[nH]c(c4c(OCCC(C)C)c(SCC[N+](C)(CC)CC)c(Cl)c(OCCC(C)C)c34)=NC2=N1. The van der Waals surface area contributed by atoms with E-state index in [0.717, 1.165) is 127 Å². The first-order chi connectivity index (χ1) is 61.3. The Hall–Kier alpha value is -5.16. The zero-order valence-electron chi connectivity index (χ0n) is 83.5. The van der Waals surface area contributed by atoms with Gasteiger partial charge in [0.1, 0.15) is 64.7 Å². The second kappa shape index (κ2) is 47.5. The Morgan fingerprint density at radius 2 is 0.612 bits per heavy atom. The number of aromatic amines is 1. The van der Waals surface area contributed by atoms with Gasteiger partial charge in [0.2, 0.25) is 11.3 Å². The van der Waals surface area contributed by atoms with Crippen molar-refractivity contribution in [1.82, 2.24) is 14.5 Å². The van der Waals surface area contributed by atoms with E-state index < -0.39 is 0 Å². The number of H-pyrrole nitrogens is 1. The van der Waals surface area contributed by atoms with E-state index in [1.165, 1.54) is 0 Å². The Morgan fingerprint density at radius 3 is 0.977 bits per heavy atom. The molecular formula is C100H157Cl4N12O9S4+5. The van der Waals surface area contributed by atoms with Crippen LogP contribution in [0.15, 0.2) is 44.2 Å². The zero-order valence-corrected chi connectivity index (χ0v) is 89.8. The van der Waals surface area contributed by atoms with Crippen molar-refractivity contribution >= 4 is 155 Å². The lowest BCUT2D eigenvalue weighted by atomic mass is 10.0. The van der Waals surface area contributed by atoms with Gasteiger partial charge >= 0.3 is 0 Å². The summed E-state index contributed by atoms with van der Waals surface area (Å²) in [6.45, 7) is 67.0. The molecule has 0 saturated carbocycles. The molecule has 1 N–H and O–H groups in total. The summed E-state index contributed by atoms with van der Waals surface area (Å²) in [4.78, 5) is 37.3. The monoisotopic (exact) mass is 1940 g/mol. The number of halogens is 4. The summed E-state index contributed by atoms with van der Waals surface area (Å²) in [7, 11) is 9.26. The second-order valence-corrected chi connectivity index (χ2v) is 45.7. The van der Waals surface area contributed by atoms with Gasteiger partial charge in [-0.25, -0.2) is 9.98 Å². The van der Waals surface area contributed by atoms with Crippen molar-refractivity contribution in [3.05, 3.63) is 42.2 Å². The molecule has 0 amide bonds. The maximum Gasteiger partial charge on any atom is 0.287 e. The molecule has 0 fully saturated rings. The van der Waals surface area contributed by atoms with E-state index in [9.17, 15) is 0 Å². The van der Waals surface area contributed by atoms with Gasteiger partial charge in [0.25, 0.3) is 17.3 Å². The molecule has 10 rings (SSSR count). The van der Waals surface area contributed by atoms with Gasteiger partial charge in [-0.15, -0.1) is 52.0 Å². The molecule has 6 heterocycles. The van der Waals surface area contributed by atoms with Crippen molar-refractivity contribution in [1.29, 1.82) is 0 Å². The number of hydrogen-bond donors (Lipinski definition) is 1. The number of nitrogens with zero attached hydrogens (tertiary/aromatic N) is 11. The van der Waals surface area contributed by atoms with Crippen LogP contribution in [0.25, 0.3) is 43.8 Å². The number of rotatable bonds is 56. The number of ether oxygens (including phenoxy) is 8. The fraction of sp³-hybridized carbons (Fsp3) is 0.680. The number of benzene rings is 4. The van der Waals surface area contributed by atoms with Gasteiger partial charge in [-0.3, -0.25) is 0 Å². The highest BCUT2D eigenvalue weighted by Gasteiger charge is 2.44. The van der Waals surface area contributed by atoms with E-state index in [1.54, 1.807) is 56.4 Å². The van der Waals surface area contributed by atoms with Gasteiger partial charge in [0.15, 0.2) is 34.7 Å². The Kier molecular flexibility index (Phi) is 39.0. The summed E-state index contributed by atoms with van der Waals surface area (Å²) < 4.78 is 74.8. The number of fused-ring (bicyclic) bond motifs is 15. The van der Waals surface area contributed by atoms with Crippen molar-refractivity contribution in [2.24, 2.45) is 67.3 Å². The van der Waals surface area contributed by atoms with E-state index in [4.69, 9.17) is 114 Å². The normalized spacial score (nSPS) is 13.5. The Balaban J connectivity index is 1.61. The van der Waals surface area contributed by atoms with Crippen LogP contribution in [0.2, 0.25) is 20.1 Å². The molecule has 0 radical (unpaired) electrons. The molecule has 0 saturated heterocycles. The van der Waals surface area contributed by atoms with Crippen LogP contribution in [0.4, 0.5) is 11.6 Å². The standard InChI is InChI=1S/C100H156Cl4N12O9S4/c1-29-113(25,30-2)45-57-126-89-78(102)82(118-50-38-62(11)12)70-71(85(89)121-53-41-65(17)18)94-105-93-69-72(86(122-54-42-66(19)20)90(127-58-46-114(26,31-3)32-4)77(101)81(69)117-49-37-61(9)10)96(106-93)109-97-73-76(88(124-56-44-68(23)24)92(129-60-48-116(28,35-7)36-8)79(103)83(73)119-51-39-63(13)14)100-110-99-74-75(98(108-95(70)107-94)112(99)125-111(97)100)87(123-55-43-67(21)22)91(128-59-47-115(27,33-5)34-6)80(104)84(74)120-52-40-64(15)16/h61-68H,29-60H2,1-28H3/q+4/p+1. The van der Waals surface area contributed by atoms with E-state index in [0.29, 0.717) is 248 Å². The van der Waals surface area contributed by atoms with Crippen LogP contribution in [0.1, 0.15) is 229 Å². The Bertz CT molecular complexity index is 5280. The highest BCUT2D eigenvalue weighted by atomic mass is 35.5. The van der Waals surface area contributed by atoms with Crippen LogP contribution >= 0.6 is 93.5 Å². The van der Waals surface area contributed by atoms with Crippen LogP contribution in [0.3, 0.4) is 0 Å². The van der Waals surface area contributed by atoms with Gasteiger partial charge < -0.3 is 60.8 Å². The lowest BCUT2D eigenvalue weighted by Crippen LogP contribution is -2.45. The molecule has 0 aliphatic carbocycles. The topological polar surface area (TPSA) is 173 Å². The molecule has 29 heteroatoms. The molecule has 0 unspecified atom stereocenters. The lowest BCUT2D eigenvalue weighted by molar-refractivity contribution is -0.903. The smallest absolute Gasteiger partial charge is 0.287 e. The number of amidine groups is 2. The molecule has 4 aromatic carbocycles. The number of thioether (sulfide) groups is 4. The molecule has 21 nitrogen and oxygen atoms in total. The summed E-state index contributed by atoms with van der Waals surface area (Å²) in [6, 6.07) is 0. The summed E-state index contributed by atoms with van der Waals surface area (Å²) in [5.74, 6) is 9.83. The largest absolute Gasteiger partial charge is 0.492 e. The predicted octanol–water partition coefficient (Wildman–Crippen LogP) is 25.2. The minimum Gasteiger partial charge on any atom is -0.492 e. The average molecular weight is 1940 g/mol. The van der Waals surface area contributed by atoms with Crippen molar-refractivity contribution in [2.45, 2.75) is 237 Å². The van der Waals surface area contributed by atoms with Crippen LogP contribution in [-0.4, -0.2) is 227 Å². The second-order valence-electron chi connectivity index (χ2n) is 39.7. The summed E-state index contributed by atoms with van der Waals surface area (Å²) >= 11 is 40.2. The molecule has 0 spiro atoms. The van der Waals surface area contributed by atoms with Crippen molar-refractivity contribution in [3.8, 4) is 51.8 Å². The highest BCUT2D eigenvalue weighted by Crippen LogP contribution is 2.59. The summed E-state index contributed by atoms with van der Waals surface area (Å²) in [6.07, 6.45) is 5.73. The molecule has 718 valence electrons. The van der Waals surface area contributed by atoms with Crippen LogP contribution < -0.4 is 53.6 Å². The van der Waals surface area contributed by atoms with E-state index >= 15 is 0 Å². The Labute approximate surface area is 809 Å². The van der Waals surface area contributed by atoms with E-state index in [-0.39, 0.29) is 70.7 Å². The number of aromatic nitrogens is 4. The molecule has 0 atom stereocenters. The quantitative estimate of drug-likeness (QED) is 0.0217. The first-order valence-corrected chi connectivity index (χ1v) is 53.9. The van der Waals surface area contributed by atoms with Crippen molar-refractivity contribution in [2.75, 3.05) is 183 Å². The minimum atomic E-state index is 0.223. The average Bonchev–Trinajstić information content (AvgIpc) is 1.53. The van der Waals surface area contributed by atoms with Crippen molar-refractivity contribution in [3.63, 3.8) is 0 Å². The third-order valence-electron chi connectivity index (χ3n) is 26.4. The number of quaternary nitrogens is 4. The van der Waals surface area contributed by atoms with Gasteiger partial charge in [-0.05, 0) is 163 Å². The maximum atomic E-state index is 8.40. The molecule has 2 aromatic heterocycles. The number of aliphatic imine (C=N–C) groups is 2. The Morgan fingerprint density at radius 1 is 0.333 bits per heavy atom. The summed E-state index contributed by atoms with van der Waals surface area (Å²) in [5.41, 5.74) is 1.99. The predicted molar refractivity (Wildman–Crippen MR) is 546 cm³/mol. The molecule has 6 bridgehead atoms. The highest BCUT2D eigenvalue weighted by molar-refractivity contribution is 8.00. The number of hydrogen-bond acceptors (Lipinski definition) is 18. The fourth-order valence-electron chi connectivity index (χ4n) is 15.2. The van der Waals surface area contributed by atoms with Gasteiger partial charge in [-0.1, -0.05) is 162 Å². The van der Waals surface area contributed by atoms with Gasteiger partial charge in [-0.2, -0.15) is 9.62 Å². The third-order valence-corrected chi connectivity index (χ3v) is 32.6. The molecule has 129 heavy (non-hydrogen) atoms. The minimum absolute atomic E-state index is 0.223. The van der Waals surface area contributed by atoms with Crippen molar-refractivity contribution < 1.29 is 65.2 Å². The summed E-state index contributed by atoms with van der Waals surface area (Å²) in [5, 5.41) is 4.73. The first-order valence-electron chi connectivity index (χ1n) is 48.4. The van der Waals surface area contributed by atoms with Crippen LogP contribution in [0.5, 0.6) is 46.0 Å². The molecule has 6 aromatic rings. The fourth-order valence-corrected chi connectivity index (χ4v) is 21.8. The van der Waals surface area contributed by atoms with E-state index in [1.807, 2.05) is 0 Å². The van der Waals surface area contributed by atoms with Gasteiger partial charge in [0.05, 0.1) is 206 Å². The molecular weight excluding hydrogens is 1780 g/mol. The molecule has 4 aliphatic heterocycles. The maximum absolute atomic E-state index is 8.40. The molecule has 4 aliphatic rings.